The number of nitrogens with one attached hydrogen (secondary N) is 2. The Morgan fingerprint density at radius 1 is 1.64 bits per heavy atom. The van der Waals surface area contributed by atoms with Crippen molar-refractivity contribution in [3.8, 4) is 0 Å². The molecule has 0 aromatic carbocycles. The number of carbonyl (C=O) groups is 1. The molecular formula is C8H16N2O. The van der Waals surface area contributed by atoms with E-state index in [2.05, 4.69) is 17.2 Å². The van der Waals surface area contributed by atoms with Crippen molar-refractivity contribution in [3.05, 3.63) is 12.7 Å². The van der Waals surface area contributed by atoms with E-state index in [0.717, 1.165) is 13.1 Å². The van der Waals surface area contributed by atoms with E-state index in [4.69, 9.17) is 0 Å². The Labute approximate surface area is 67.9 Å². The monoisotopic (exact) mass is 156 g/mol. The predicted molar refractivity (Wildman–Crippen MR) is 46.4 cm³/mol. The van der Waals surface area contributed by atoms with Gasteiger partial charge in [0.2, 0.25) is 5.91 Å². The summed E-state index contributed by atoms with van der Waals surface area (Å²) in [6.07, 6.45) is 2.32. The average Bonchev–Trinajstić information content (AvgIpc) is 1.99. The number of amides is 1. The van der Waals surface area contributed by atoms with Crippen LogP contribution < -0.4 is 10.6 Å². The van der Waals surface area contributed by atoms with Gasteiger partial charge >= 0.3 is 0 Å². The summed E-state index contributed by atoms with van der Waals surface area (Å²) in [5.74, 6) is 0.101. The lowest BCUT2D eigenvalue weighted by Crippen LogP contribution is -2.27. The topological polar surface area (TPSA) is 41.1 Å². The lowest BCUT2D eigenvalue weighted by atomic mass is 10.4. The summed E-state index contributed by atoms with van der Waals surface area (Å²) in [7, 11) is 0. The fourth-order valence-corrected chi connectivity index (χ4v) is 0.692. The minimum absolute atomic E-state index is 0.101. The summed E-state index contributed by atoms with van der Waals surface area (Å²) in [5, 5.41) is 5.76. The van der Waals surface area contributed by atoms with Crippen LogP contribution >= 0.6 is 0 Å². The second-order valence-corrected chi connectivity index (χ2v) is 2.20. The highest BCUT2D eigenvalue weighted by Crippen LogP contribution is 1.75. The van der Waals surface area contributed by atoms with Gasteiger partial charge in [0.15, 0.2) is 0 Å². The van der Waals surface area contributed by atoms with Crippen LogP contribution in [-0.4, -0.2) is 25.5 Å². The van der Waals surface area contributed by atoms with Crippen molar-refractivity contribution in [3.63, 3.8) is 0 Å². The number of hydrogen-bond donors (Lipinski definition) is 2. The van der Waals surface area contributed by atoms with E-state index < -0.39 is 0 Å². The Bertz CT molecular complexity index is 123. The van der Waals surface area contributed by atoms with Crippen LogP contribution in [0, 0.1) is 0 Å². The van der Waals surface area contributed by atoms with Gasteiger partial charge in [0.25, 0.3) is 0 Å². The smallest absolute Gasteiger partial charge is 0.221 e. The van der Waals surface area contributed by atoms with E-state index in [1.54, 1.807) is 6.08 Å². The third-order valence-electron chi connectivity index (χ3n) is 1.19. The first kappa shape index (κ1) is 10.2. The van der Waals surface area contributed by atoms with Gasteiger partial charge < -0.3 is 10.6 Å². The molecular weight excluding hydrogens is 140 g/mol. The van der Waals surface area contributed by atoms with Crippen molar-refractivity contribution < 1.29 is 4.79 Å². The van der Waals surface area contributed by atoms with Crippen molar-refractivity contribution in [1.29, 1.82) is 0 Å². The molecule has 11 heavy (non-hydrogen) atoms. The Morgan fingerprint density at radius 2 is 2.36 bits per heavy atom. The normalized spacial score (nSPS) is 9.18. The maximum absolute atomic E-state index is 10.8. The Morgan fingerprint density at radius 3 is 2.91 bits per heavy atom. The Balaban J connectivity index is 3.10. The molecule has 0 atom stereocenters. The highest BCUT2D eigenvalue weighted by molar-refractivity contribution is 5.75. The van der Waals surface area contributed by atoms with Crippen molar-refractivity contribution >= 4 is 5.91 Å². The molecule has 2 N–H and O–H groups in total. The van der Waals surface area contributed by atoms with E-state index in [1.807, 2.05) is 6.92 Å². The summed E-state index contributed by atoms with van der Waals surface area (Å²) < 4.78 is 0. The molecule has 0 radical (unpaired) electrons. The van der Waals surface area contributed by atoms with Crippen molar-refractivity contribution in [1.82, 2.24) is 10.6 Å². The lowest BCUT2D eigenvalue weighted by Gasteiger charge is -2.01. The summed E-state index contributed by atoms with van der Waals surface area (Å²) in [5.41, 5.74) is 0. The second kappa shape index (κ2) is 7.28. The van der Waals surface area contributed by atoms with Crippen LogP contribution in [0.25, 0.3) is 0 Å². The average molecular weight is 156 g/mol. The molecule has 1 amide bonds. The molecule has 0 aromatic heterocycles. The molecule has 0 aliphatic carbocycles. The third kappa shape index (κ3) is 7.06. The van der Waals surface area contributed by atoms with Crippen LogP contribution in [0.3, 0.4) is 0 Å². The van der Waals surface area contributed by atoms with E-state index in [0.29, 0.717) is 13.0 Å². The number of rotatable bonds is 6. The van der Waals surface area contributed by atoms with Gasteiger partial charge in [-0.3, -0.25) is 4.79 Å². The van der Waals surface area contributed by atoms with Crippen molar-refractivity contribution in [2.24, 2.45) is 0 Å². The van der Waals surface area contributed by atoms with Gasteiger partial charge in [0.1, 0.15) is 0 Å². The number of hydrogen-bond acceptors (Lipinski definition) is 2. The van der Waals surface area contributed by atoms with Gasteiger partial charge in [0.05, 0.1) is 0 Å². The van der Waals surface area contributed by atoms with Crippen molar-refractivity contribution in [2.45, 2.75) is 13.3 Å². The maximum Gasteiger partial charge on any atom is 0.221 e. The van der Waals surface area contributed by atoms with Gasteiger partial charge in [0, 0.05) is 26.1 Å². The van der Waals surface area contributed by atoms with Gasteiger partial charge in [-0.1, -0.05) is 6.08 Å². The van der Waals surface area contributed by atoms with Crippen LogP contribution in [0.2, 0.25) is 0 Å². The van der Waals surface area contributed by atoms with E-state index >= 15 is 0 Å². The molecule has 0 saturated carbocycles. The fourth-order valence-electron chi connectivity index (χ4n) is 0.692. The van der Waals surface area contributed by atoms with Gasteiger partial charge in [-0.05, 0) is 6.92 Å². The highest BCUT2D eigenvalue weighted by atomic mass is 16.1. The van der Waals surface area contributed by atoms with Crippen LogP contribution in [0.1, 0.15) is 13.3 Å². The van der Waals surface area contributed by atoms with E-state index in [9.17, 15) is 4.79 Å². The van der Waals surface area contributed by atoms with Crippen molar-refractivity contribution in [2.75, 3.05) is 19.6 Å². The predicted octanol–water partition coefficient (Wildman–Crippen LogP) is 0.288. The first-order valence-corrected chi connectivity index (χ1v) is 3.89. The minimum atomic E-state index is 0.101. The maximum atomic E-state index is 10.8. The molecule has 0 spiro atoms. The van der Waals surface area contributed by atoms with Crippen LogP contribution in [-0.2, 0) is 4.79 Å². The first-order chi connectivity index (χ1) is 5.31. The summed E-state index contributed by atoms with van der Waals surface area (Å²) in [6, 6.07) is 0. The number of carbonyl (C=O) groups excluding carboxylic acids is 1. The molecule has 0 bridgehead atoms. The SMILES string of the molecule is C=CCNCCC(=O)NCC. The molecule has 3 nitrogen and oxygen atoms in total. The molecule has 0 unspecified atom stereocenters. The molecule has 0 saturated heterocycles. The van der Waals surface area contributed by atoms with Crippen LogP contribution in [0.4, 0.5) is 0 Å². The molecule has 0 aliphatic heterocycles. The van der Waals surface area contributed by atoms with Gasteiger partial charge in [-0.2, -0.15) is 0 Å². The molecule has 0 fully saturated rings. The summed E-state index contributed by atoms with van der Waals surface area (Å²) in [4.78, 5) is 10.8. The Kier molecular flexibility index (Phi) is 6.73. The molecule has 64 valence electrons. The highest BCUT2D eigenvalue weighted by Gasteiger charge is 1.95. The summed E-state index contributed by atoms with van der Waals surface area (Å²) >= 11 is 0. The summed E-state index contributed by atoms with van der Waals surface area (Å²) in [6.45, 7) is 7.65. The second-order valence-electron chi connectivity index (χ2n) is 2.20. The van der Waals surface area contributed by atoms with E-state index in [-0.39, 0.29) is 5.91 Å². The van der Waals surface area contributed by atoms with E-state index in [1.165, 1.54) is 0 Å². The molecule has 0 aromatic rings. The standard InChI is InChI=1S/C8H16N2O/c1-3-6-9-7-5-8(11)10-4-2/h3,9H,1,4-7H2,2H3,(H,10,11). The molecule has 3 heteroatoms. The van der Waals surface area contributed by atoms with Crippen LogP contribution in [0.5, 0.6) is 0 Å². The van der Waals surface area contributed by atoms with Gasteiger partial charge in [-0.15, -0.1) is 6.58 Å². The fraction of sp³-hybridized carbons (Fsp3) is 0.625. The zero-order chi connectivity index (χ0) is 8.53. The lowest BCUT2D eigenvalue weighted by molar-refractivity contribution is -0.120. The zero-order valence-electron chi connectivity index (χ0n) is 7.02. The van der Waals surface area contributed by atoms with Crippen LogP contribution in [0.15, 0.2) is 12.7 Å². The molecule has 0 aliphatic rings. The molecule has 0 heterocycles. The first-order valence-electron chi connectivity index (χ1n) is 3.89. The van der Waals surface area contributed by atoms with Gasteiger partial charge in [-0.25, -0.2) is 0 Å². The quantitative estimate of drug-likeness (QED) is 0.428. The Hall–Kier alpha value is -0.830. The minimum Gasteiger partial charge on any atom is -0.356 e. The third-order valence-corrected chi connectivity index (χ3v) is 1.19. The largest absolute Gasteiger partial charge is 0.356 e. The molecule has 0 rings (SSSR count). The zero-order valence-corrected chi connectivity index (χ0v) is 7.02.